The van der Waals surface area contributed by atoms with E-state index in [1.54, 1.807) is 16.7 Å². The lowest BCUT2D eigenvalue weighted by atomic mass is 10.1. The third kappa shape index (κ3) is 6.10. The smallest absolute Gasteiger partial charge is 0.321 e. The quantitative estimate of drug-likeness (QED) is 0.596. The molecule has 2 amide bonds. The molecule has 2 aromatic rings. The number of thioether (sulfide) groups is 1. The zero-order chi connectivity index (χ0) is 20.6. The van der Waals surface area contributed by atoms with Gasteiger partial charge in [-0.25, -0.2) is 13.6 Å². The molecule has 1 aliphatic rings. The second-order valence-corrected chi connectivity index (χ2v) is 8.27. The number of unbranched alkanes of at least 4 members (excludes halogenated alkanes) is 1. The summed E-state index contributed by atoms with van der Waals surface area (Å²) in [5.74, 6) is 0.603. The van der Waals surface area contributed by atoms with E-state index in [2.05, 4.69) is 12.2 Å². The second-order valence-electron chi connectivity index (χ2n) is 6.96. The molecule has 1 heterocycles. The topological polar surface area (TPSA) is 41.6 Å². The highest BCUT2D eigenvalue weighted by Gasteiger charge is 2.24. The zero-order valence-electron chi connectivity index (χ0n) is 16.5. The average Bonchev–Trinajstić information content (AvgIpc) is 2.97. The first-order valence-corrected chi connectivity index (χ1v) is 11.0. The normalized spacial score (nSPS) is 16.9. The molecule has 1 aliphatic heterocycles. The molecule has 4 nitrogen and oxygen atoms in total. The Morgan fingerprint density at radius 1 is 1.21 bits per heavy atom. The van der Waals surface area contributed by atoms with Crippen molar-refractivity contribution in [2.75, 3.05) is 30.8 Å². The molecule has 156 valence electrons. The summed E-state index contributed by atoms with van der Waals surface area (Å²) >= 11 is 1.55. The molecule has 0 aliphatic carbocycles. The first-order valence-electron chi connectivity index (χ1n) is 9.92. The molecule has 0 radical (unpaired) electrons. The second kappa shape index (κ2) is 10.5. The molecule has 0 spiro atoms. The summed E-state index contributed by atoms with van der Waals surface area (Å²) in [5, 5.41) is 2.73. The van der Waals surface area contributed by atoms with Gasteiger partial charge in [-0.2, -0.15) is 11.8 Å². The van der Waals surface area contributed by atoms with Crippen LogP contribution in [0, 0.1) is 11.6 Å². The fourth-order valence-corrected chi connectivity index (χ4v) is 4.40. The van der Waals surface area contributed by atoms with E-state index >= 15 is 0 Å². The predicted molar refractivity (Wildman–Crippen MR) is 114 cm³/mol. The van der Waals surface area contributed by atoms with Gasteiger partial charge >= 0.3 is 6.03 Å². The van der Waals surface area contributed by atoms with Gasteiger partial charge < -0.3 is 15.0 Å². The van der Waals surface area contributed by atoms with E-state index < -0.39 is 11.6 Å². The van der Waals surface area contributed by atoms with Crippen molar-refractivity contribution >= 4 is 23.5 Å². The molecular weight excluding hydrogens is 394 g/mol. The molecular formula is C22H26F2N2O2S. The van der Waals surface area contributed by atoms with Crippen molar-refractivity contribution in [3.8, 4) is 5.75 Å². The summed E-state index contributed by atoms with van der Waals surface area (Å²) in [6.07, 6.45) is 2.66. The Hall–Kier alpha value is -2.28. The third-order valence-electron chi connectivity index (χ3n) is 4.81. The minimum atomic E-state index is -0.442. The fraction of sp³-hybridized carbons (Fsp3) is 0.409. The number of halogens is 2. The van der Waals surface area contributed by atoms with E-state index in [9.17, 15) is 13.6 Å². The maximum Gasteiger partial charge on any atom is 0.321 e. The minimum absolute atomic E-state index is 0.164. The van der Waals surface area contributed by atoms with Gasteiger partial charge in [0, 0.05) is 35.3 Å². The maximum absolute atomic E-state index is 14.1. The molecule has 0 saturated carbocycles. The first-order chi connectivity index (χ1) is 14.1. The largest absolute Gasteiger partial charge is 0.494 e. The van der Waals surface area contributed by atoms with E-state index in [0.717, 1.165) is 30.7 Å². The van der Waals surface area contributed by atoms with Gasteiger partial charge in [0.05, 0.1) is 6.61 Å². The number of carbonyl (C=O) groups is 1. The molecule has 0 aromatic heterocycles. The van der Waals surface area contributed by atoms with Crippen LogP contribution in [0.1, 0.15) is 37.0 Å². The molecule has 7 heteroatoms. The van der Waals surface area contributed by atoms with E-state index in [4.69, 9.17) is 4.74 Å². The Kier molecular flexibility index (Phi) is 7.75. The Bertz CT molecular complexity index is 817. The fourth-order valence-electron chi connectivity index (χ4n) is 3.15. The van der Waals surface area contributed by atoms with Crippen LogP contribution in [0.15, 0.2) is 42.5 Å². The molecule has 1 N–H and O–H groups in total. The van der Waals surface area contributed by atoms with Crippen LogP contribution in [0.25, 0.3) is 0 Å². The number of rotatable bonds is 6. The lowest BCUT2D eigenvalue weighted by Gasteiger charge is -2.21. The van der Waals surface area contributed by atoms with Gasteiger partial charge in [0.25, 0.3) is 0 Å². The number of ether oxygens (including phenoxy) is 1. The molecule has 2 aromatic carbocycles. The lowest BCUT2D eigenvalue weighted by molar-refractivity contribution is 0.215. The summed E-state index contributed by atoms with van der Waals surface area (Å²) in [4.78, 5) is 14.3. The molecule has 1 fully saturated rings. The van der Waals surface area contributed by atoms with Gasteiger partial charge in [-0.3, -0.25) is 0 Å². The number of hydrogen-bond donors (Lipinski definition) is 1. The summed E-state index contributed by atoms with van der Waals surface area (Å²) in [7, 11) is 0. The summed E-state index contributed by atoms with van der Waals surface area (Å²) in [6.45, 7) is 3.83. The predicted octanol–water partition coefficient (Wildman–Crippen LogP) is 5.86. The van der Waals surface area contributed by atoms with Crippen LogP contribution in [0.4, 0.5) is 19.3 Å². The van der Waals surface area contributed by atoms with Gasteiger partial charge in [0.15, 0.2) is 0 Å². The number of amides is 2. The standard InChI is InChI=1S/C22H26F2N2O2S/c1-2-3-13-28-18-7-5-17(6-8-18)25-22(27)26-11-10-21(29-14-12-26)19-15-16(23)4-9-20(19)24/h4-9,15,21H,2-3,10-14H2,1H3,(H,25,27). The Labute approximate surface area is 174 Å². The number of nitrogens with one attached hydrogen (secondary N) is 1. The SMILES string of the molecule is CCCCOc1ccc(NC(=O)N2CCSC(c3cc(F)ccc3F)CC2)cc1. The van der Waals surface area contributed by atoms with E-state index in [1.807, 2.05) is 24.3 Å². The Morgan fingerprint density at radius 3 is 2.76 bits per heavy atom. The number of urea groups is 1. The summed E-state index contributed by atoms with van der Waals surface area (Å²) in [5.41, 5.74) is 1.07. The van der Waals surface area contributed by atoms with Crippen molar-refractivity contribution in [3.05, 3.63) is 59.7 Å². The van der Waals surface area contributed by atoms with Gasteiger partial charge in [-0.15, -0.1) is 0 Å². The van der Waals surface area contributed by atoms with Crippen molar-refractivity contribution in [1.29, 1.82) is 0 Å². The van der Waals surface area contributed by atoms with Crippen LogP contribution in [0.3, 0.4) is 0 Å². The third-order valence-corrected chi connectivity index (χ3v) is 6.12. The monoisotopic (exact) mass is 420 g/mol. The highest BCUT2D eigenvalue weighted by atomic mass is 32.2. The van der Waals surface area contributed by atoms with Gasteiger partial charge in [0.2, 0.25) is 0 Å². The highest BCUT2D eigenvalue weighted by molar-refractivity contribution is 7.99. The lowest BCUT2D eigenvalue weighted by Crippen LogP contribution is -2.36. The van der Waals surface area contributed by atoms with Crippen LogP contribution < -0.4 is 10.1 Å². The summed E-state index contributed by atoms with van der Waals surface area (Å²) in [6, 6.07) is 10.7. The molecule has 29 heavy (non-hydrogen) atoms. The first kappa shape index (κ1) is 21.4. The van der Waals surface area contributed by atoms with Crippen molar-refractivity contribution < 1.29 is 18.3 Å². The Morgan fingerprint density at radius 2 is 2.00 bits per heavy atom. The number of hydrogen-bond acceptors (Lipinski definition) is 3. The number of benzene rings is 2. The van der Waals surface area contributed by atoms with Crippen molar-refractivity contribution in [2.45, 2.75) is 31.4 Å². The van der Waals surface area contributed by atoms with Gasteiger partial charge in [0.1, 0.15) is 17.4 Å². The van der Waals surface area contributed by atoms with Crippen molar-refractivity contribution in [2.24, 2.45) is 0 Å². The Balaban J connectivity index is 1.54. The molecule has 1 unspecified atom stereocenters. The number of nitrogens with zero attached hydrogens (tertiary/aromatic N) is 1. The van der Waals surface area contributed by atoms with Crippen LogP contribution in [0.2, 0.25) is 0 Å². The molecule has 0 bridgehead atoms. The number of carbonyl (C=O) groups excluding carboxylic acids is 1. The zero-order valence-corrected chi connectivity index (χ0v) is 17.3. The average molecular weight is 421 g/mol. The van der Waals surface area contributed by atoms with Crippen LogP contribution in [-0.2, 0) is 0 Å². The maximum atomic E-state index is 14.1. The molecule has 1 atom stereocenters. The van der Waals surface area contributed by atoms with E-state index in [-0.39, 0.29) is 11.3 Å². The van der Waals surface area contributed by atoms with Crippen molar-refractivity contribution in [3.63, 3.8) is 0 Å². The molecule has 1 saturated heterocycles. The van der Waals surface area contributed by atoms with Gasteiger partial charge in [-0.1, -0.05) is 13.3 Å². The highest BCUT2D eigenvalue weighted by Crippen LogP contribution is 2.36. The molecule has 3 rings (SSSR count). The number of anilines is 1. The van der Waals surface area contributed by atoms with Crippen molar-refractivity contribution in [1.82, 2.24) is 4.90 Å². The van der Waals surface area contributed by atoms with Gasteiger partial charge in [-0.05, 0) is 55.3 Å². The van der Waals surface area contributed by atoms with Crippen LogP contribution in [-0.4, -0.2) is 36.4 Å². The van der Waals surface area contributed by atoms with Crippen LogP contribution >= 0.6 is 11.8 Å². The summed E-state index contributed by atoms with van der Waals surface area (Å²) < 4.78 is 33.2. The minimum Gasteiger partial charge on any atom is -0.494 e. The van der Waals surface area contributed by atoms with E-state index in [0.29, 0.717) is 43.1 Å². The van der Waals surface area contributed by atoms with Crippen LogP contribution in [0.5, 0.6) is 5.75 Å². The van der Waals surface area contributed by atoms with E-state index in [1.165, 1.54) is 6.07 Å².